The maximum absolute atomic E-state index is 12.0. The summed E-state index contributed by atoms with van der Waals surface area (Å²) < 4.78 is 5.16. The molecule has 7 heteroatoms. The lowest BCUT2D eigenvalue weighted by Crippen LogP contribution is -2.44. The van der Waals surface area contributed by atoms with Crippen LogP contribution in [0.3, 0.4) is 0 Å². The fourth-order valence-corrected chi connectivity index (χ4v) is 1.91. The van der Waals surface area contributed by atoms with E-state index >= 15 is 0 Å². The van der Waals surface area contributed by atoms with Gasteiger partial charge in [-0.15, -0.1) is 0 Å². The van der Waals surface area contributed by atoms with Gasteiger partial charge in [-0.1, -0.05) is 11.6 Å². The number of rotatable bonds is 6. The van der Waals surface area contributed by atoms with Gasteiger partial charge in [0.2, 0.25) is 11.8 Å². The Hall–Kier alpha value is -1.79. The van der Waals surface area contributed by atoms with Gasteiger partial charge in [0, 0.05) is 12.1 Å². The average Bonchev–Trinajstić information content (AvgIpc) is 2.45. The van der Waals surface area contributed by atoms with Crippen LogP contribution in [0.4, 0.5) is 5.69 Å². The molecule has 1 rings (SSSR count). The lowest BCUT2D eigenvalue weighted by atomic mass is 10.2. The highest BCUT2D eigenvalue weighted by Crippen LogP contribution is 2.27. The molecule has 1 aromatic rings. The molecule has 2 amide bonds. The van der Waals surface area contributed by atoms with Gasteiger partial charge in [0.25, 0.3) is 0 Å². The van der Waals surface area contributed by atoms with Crippen LogP contribution in [0.5, 0.6) is 5.75 Å². The van der Waals surface area contributed by atoms with E-state index in [9.17, 15) is 9.59 Å². The number of hydrogen-bond acceptors (Lipinski definition) is 4. The number of carbonyl (C=O) groups is 2. The van der Waals surface area contributed by atoms with E-state index in [1.54, 1.807) is 44.1 Å². The normalized spacial score (nSPS) is 11.9. The second-order valence-electron chi connectivity index (χ2n) is 4.60. The minimum atomic E-state index is -0.401. The molecule has 116 valence electrons. The van der Waals surface area contributed by atoms with Crippen LogP contribution < -0.4 is 15.4 Å². The third-order valence-corrected chi connectivity index (χ3v) is 3.35. The molecule has 0 aliphatic rings. The minimum Gasteiger partial charge on any atom is -0.495 e. The van der Waals surface area contributed by atoms with E-state index in [4.69, 9.17) is 16.3 Å². The quantitative estimate of drug-likeness (QED) is 0.832. The first-order valence-corrected chi connectivity index (χ1v) is 6.82. The Kier molecular flexibility index (Phi) is 6.45. The predicted molar refractivity (Wildman–Crippen MR) is 82.8 cm³/mol. The highest BCUT2D eigenvalue weighted by atomic mass is 35.5. The lowest BCUT2D eigenvalue weighted by Gasteiger charge is -2.22. The van der Waals surface area contributed by atoms with Crippen molar-refractivity contribution in [2.45, 2.75) is 13.0 Å². The summed E-state index contributed by atoms with van der Waals surface area (Å²) in [6, 6.07) is 4.56. The van der Waals surface area contributed by atoms with Crippen molar-refractivity contribution >= 4 is 29.1 Å². The summed E-state index contributed by atoms with van der Waals surface area (Å²) in [5.74, 6) is 0.120. The molecular weight excluding hydrogens is 294 g/mol. The van der Waals surface area contributed by atoms with E-state index in [1.807, 2.05) is 0 Å². The molecular formula is C14H20ClN3O3. The molecule has 0 radical (unpaired) electrons. The van der Waals surface area contributed by atoms with Crippen LogP contribution in [0.1, 0.15) is 6.92 Å². The zero-order valence-corrected chi connectivity index (χ0v) is 13.3. The molecule has 1 aromatic carbocycles. The summed E-state index contributed by atoms with van der Waals surface area (Å²) in [6.07, 6.45) is 0. The SMILES string of the molecule is CNC(=O)[C@H](C)N(C)CC(=O)Nc1cc(Cl)ccc1OC. The lowest BCUT2D eigenvalue weighted by molar-refractivity contribution is -0.126. The van der Waals surface area contributed by atoms with Crippen LogP contribution in [0.2, 0.25) is 5.02 Å². The largest absolute Gasteiger partial charge is 0.495 e. The standard InChI is InChI=1S/C14H20ClN3O3/c1-9(14(20)16-2)18(3)8-13(19)17-11-7-10(15)5-6-12(11)21-4/h5-7,9H,8H2,1-4H3,(H,16,20)(H,17,19)/t9-/m0/s1. The first-order valence-electron chi connectivity index (χ1n) is 6.44. The molecule has 1 atom stereocenters. The van der Waals surface area contributed by atoms with Crippen LogP contribution in [-0.2, 0) is 9.59 Å². The summed E-state index contributed by atoms with van der Waals surface area (Å²) in [5, 5.41) is 5.77. The van der Waals surface area contributed by atoms with Gasteiger partial charge in [0.15, 0.2) is 0 Å². The monoisotopic (exact) mass is 313 g/mol. The maximum atomic E-state index is 12.0. The first-order chi connectivity index (χ1) is 9.88. The number of hydrogen-bond donors (Lipinski definition) is 2. The van der Waals surface area contributed by atoms with Gasteiger partial charge in [0.1, 0.15) is 5.75 Å². The van der Waals surface area contributed by atoms with Gasteiger partial charge in [-0.25, -0.2) is 0 Å². The van der Waals surface area contributed by atoms with Crippen LogP contribution in [0.25, 0.3) is 0 Å². The number of ether oxygens (including phenoxy) is 1. The number of nitrogens with one attached hydrogen (secondary N) is 2. The van der Waals surface area contributed by atoms with Gasteiger partial charge in [0.05, 0.1) is 25.4 Å². The summed E-state index contributed by atoms with van der Waals surface area (Å²) in [5.41, 5.74) is 0.496. The number of anilines is 1. The van der Waals surface area contributed by atoms with E-state index in [-0.39, 0.29) is 18.4 Å². The van der Waals surface area contributed by atoms with E-state index in [0.717, 1.165) is 0 Å². The van der Waals surface area contributed by atoms with E-state index in [2.05, 4.69) is 10.6 Å². The Labute approximate surface area is 129 Å². The van der Waals surface area contributed by atoms with Crippen molar-refractivity contribution in [1.29, 1.82) is 0 Å². The predicted octanol–water partition coefficient (Wildman–Crippen LogP) is 1.35. The second-order valence-corrected chi connectivity index (χ2v) is 5.03. The van der Waals surface area contributed by atoms with Gasteiger partial charge >= 0.3 is 0 Å². The molecule has 0 aliphatic carbocycles. The Morgan fingerprint density at radius 2 is 2.10 bits per heavy atom. The van der Waals surface area contributed by atoms with Crippen LogP contribution >= 0.6 is 11.6 Å². The van der Waals surface area contributed by atoms with Gasteiger partial charge in [-0.3, -0.25) is 14.5 Å². The summed E-state index contributed by atoms with van der Waals surface area (Å²) in [4.78, 5) is 25.2. The van der Waals surface area contributed by atoms with Gasteiger partial charge in [-0.05, 0) is 32.2 Å². The molecule has 2 N–H and O–H groups in total. The van der Waals surface area contributed by atoms with E-state index < -0.39 is 6.04 Å². The summed E-state index contributed by atoms with van der Waals surface area (Å²) in [6.45, 7) is 1.80. The highest BCUT2D eigenvalue weighted by Gasteiger charge is 2.19. The molecule has 0 bridgehead atoms. The summed E-state index contributed by atoms with van der Waals surface area (Å²) in [7, 11) is 4.77. The highest BCUT2D eigenvalue weighted by molar-refractivity contribution is 6.31. The smallest absolute Gasteiger partial charge is 0.238 e. The third kappa shape index (κ3) is 4.91. The molecule has 0 aromatic heterocycles. The number of benzene rings is 1. The molecule has 0 saturated carbocycles. The van der Waals surface area contributed by atoms with Crippen molar-refractivity contribution in [3.05, 3.63) is 23.2 Å². The van der Waals surface area contributed by atoms with Gasteiger partial charge in [-0.2, -0.15) is 0 Å². The van der Waals surface area contributed by atoms with Crippen LogP contribution in [0.15, 0.2) is 18.2 Å². The second kappa shape index (κ2) is 7.85. The van der Waals surface area contributed by atoms with Crippen molar-refractivity contribution in [2.24, 2.45) is 0 Å². The van der Waals surface area contributed by atoms with Crippen molar-refractivity contribution in [2.75, 3.05) is 33.1 Å². The average molecular weight is 314 g/mol. The molecule has 6 nitrogen and oxygen atoms in total. The zero-order chi connectivity index (χ0) is 16.0. The maximum Gasteiger partial charge on any atom is 0.238 e. The fourth-order valence-electron chi connectivity index (χ4n) is 1.74. The zero-order valence-electron chi connectivity index (χ0n) is 12.6. The first kappa shape index (κ1) is 17.3. The Morgan fingerprint density at radius 1 is 1.43 bits per heavy atom. The molecule has 0 saturated heterocycles. The van der Waals surface area contributed by atoms with Gasteiger partial charge < -0.3 is 15.4 Å². The number of nitrogens with zero attached hydrogens (tertiary/aromatic N) is 1. The molecule has 0 unspecified atom stereocenters. The van der Waals surface area contributed by atoms with Crippen LogP contribution in [-0.4, -0.2) is 50.5 Å². The van der Waals surface area contributed by atoms with Crippen molar-refractivity contribution in [3.63, 3.8) is 0 Å². The number of likely N-dealkylation sites (N-methyl/N-ethyl adjacent to an activating group) is 2. The third-order valence-electron chi connectivity index (χ3n) is 3.12. The number of halogens is 1. The Morgan fingerprint density at radius 3 is 2.67 bits per heavy atom. The Balaban J connectivity index is 2.70. The molecule has 0 aliphatic heterocycles. The number of amides is 2. The summed E-state index contributed by atoms with van der Waals surface area (Å²) >= 11 is 5.90. The molecule has 0 spiro atoms. The number of methoxy groups -OCH3 is 1. The van der Waals surface area contributed by atoms with E-state index in [1.165, 1.54) is 7.11 Å². The van der Waals surface area contributed by atoms with Crippen LogP contribution in [0, 0.1) is 0 Å². The minimum absolute atomic E-state index is 0.0737. The van der Waals surface area contributed by atoms with E-state index in [0.29, 0.717) is 16.5 Å². The molecule has 0 fully saturated rings. The topological polar surface area (TPSA) is 70.7 Å². The van der Waals surface area contributed by atoms with Crippen molar-refractivity contribution < 1.29 is 14.3 Å². The molecule has 21 heavy (non-hydrogen) atoms. The molecule has 0 heterocycles. The fraction of sp³-hybridized carbons (Fsp3) is 0.429. The van der Waals surface area contributed by atoms with Crippen molar-refractivity contribution in [3.8, 4) is 5.75 Å². The van der Waals surface area contributed by atoms with Crippen molar-refractivity contribution in [1.82, 2.24) is 10.2 Å². The Bertz CT molecular complexity index is 522. The number of carbonyl (C=O) groups excluding carboxylic acids is 2.